The van der Waals surface area contributed by atoms with Crippen molar-refractivity contribution in [3.05, 3.63) is 40.4 Å². The van der Waals surface area contributed by atoms with Crippen molar-refractivity contribution in [2.45, 2.75) is 19.9 Å². The van der Waals surface area contributed by atoms with Gasteiger partial charge in [0.25, 0.3) is 0 Å². The normalized spacial score (nSPS) is 12.5. The molecule has 3 heteroatoms. The Morgan fingerprint density at radius 1 is 1.60 bits per heavy atom. The zero-order chi connectivity index (χ0) is 11.4. The third-order valence-electron chi connectivity index (χ3n) is 2.25. The van der Waals surface area contributed by atoms with E-state index in [2.05, 4.69) is 27.8 Å². The summed E-state index contributed by atoms with van der Waals surface area (Å²) in [6.45, 7) is 8.41. The van der Waals surface area contributed by atoms with E-state index in [1.807, 2.05) is 26.0 Å². The van der Waals surface area contributed by atoms with Gasteiger partial charge in [0.05, 0.1) is 0 Å². The molecule has 82 valence electrons. The number of nitrogens with one attached hydrogen (secondary N) is 1. The molecule has 0 fully saturated rings. The molecular formula is C12H16BrNO. The Hall–Kier alpha value is -0.800. The number of halogens is 1. The van der Waals surface area contributed by atoms with Gasteiger partial charge in [-0.2, -0.15) is 0 Å². The van der Waals surface area contributed by atoms with E-state index >= 15 is 0 Å². The highest BCUT2D eigenvalue weighted by Gasteiger charge is 2.09. The number of aromatic hydroxyl groups is 1. The van der Waals surface area contributed by atoms with Crippen LogP contribution in [-0.4, -0.2) is 11.7 Å². The van der Waals surface area contributed by atoms with Crippen LogP contribution in [0.15, 0.2) is 29.3 Å². The van der Waals surface area contributed by atoms with Crippen LogP contribution in [0.1, 0.15) is 24.1 Å². The van der Waals surface area contributed by atoms with E-state index in [0.29, 0.717) is 12.3 Å². The van der Waals surface area contributed by atoms with Gasteiger partial charge in [0.2, 0.25) is 0 Å². The van der Waals surface area contributed by atoms with Crippen molar-refractivity contribution in [2.75, 3.05) is 6.54 Å². The van der Waals surface area contributed by atoms with E-state index in [-0.39, 0.29) is 6.04 Å². The highest BCUT2D eigenvalue weighted by molar-refractivity contribution is 9.11. The molecule has 0 bridgehead atoms. The first-order valence-corrected chi connectivity index (χ1v) is 5.66. The summed E-state index contributed by atoms with van der Waals surface area (Å²) in [5.41, 5.74) is 1.97. The van der Waals surface area contributed by atoms with Gasteiger partial charge >= 0.3 is 0 Å². The molecule has 2 N–H and O–H groups in total. The first kappa shape index (κ1) is 12.3. The van der Waals surface area contributed by atoms with Crippen LogP contribution in [0, 0.1) is 6.92 Å². The predicted octanol–water partition coefficient (Wildman–Crippen LogP) is 3.26. The first-order chi connectivity index (χ1) is 7.00. The van der Waals surface area contributed by atoms with Gasteiger partial charge in [-0.15, -0.1) is 0 Å². The van der Waals surface area contributed by atoms with Crippen LogP contribution in [0.25, 0.3) is 0 Å². The number of phenols is 1. The second-order valence-electron chi connectivity index (χ2n) is 3.68. The van der Waals surface area contributed by atoms with Gasteiger partial charge < -0.3 is 10.4 Å². The minimum atomic E-state index is 0.111. The number of rotatable bonds is 4. The largest absolute Gasteiger partial charge is 0.508 e. The molecule has 1 atom stereocenters. The zero-order valence-corrected chi connectivity index (χ0v) is 10.6. The van der Waals surface area contributed by atoms with Gasteiger partial charge in [0, 0.05) is 22.6 Å². The van der Waals surface area contributed by atoms with E-state index < -0.39 is 0 Å². The van der Waals surface area contributed by atoms with Crippen molar-refractivity contribution in [3.63, 3.8) is 0 Å². The topological polar surface area (TPSA) is 32.3 Å². The lowest BCUT2D eigenvalue weighted by molar-refractivity contribution is 0.455. The lowest BCUT2D eigenvalue weighted by Crippen LogP contribution is -2.19. The molecule has 0 aliphatic heterocycles. The number of aryl methyl sites for hydroxylation is 1. The molecule has 1 rings (SSSR count). The van der Waals surface area contributed by atoms with Gasteiger partial charge in [-0.25, -0.2) is 0 Å². The number of hydrogen-bond donors (Lipinski definition) is 2. The fourth-order valence-electron chi connectivity index (χ4n) is 1.39. The van der Waals surface area contributed by atoms with Crippen molar-refractivity contribution in [2.24, 2.45) is 0 Å². The molecule has 0 saturated carbocycles. The Labute approximate surface area is 99.1 Å². The lowest BCUT2D eigenvalue weighted by Gasteiger charge is -2.15. The molecule has 0 heterocycles. The molecule has 1 unspecified atom stereocenters. The van der Waals surface area contributed by atoms with Crippen molar-refractivity contribution >= 4 is 15.9 Å². The van der Waals surface area contributed by atoms with Gasteiger partial charge in [-0.3, -0.25) is 0 Å². The number of hydrogen-bond acceptors (Lipinski definition) is 2. The van der Waals surface area contributed by atoms with Crippen molar-refractivity contribution in [1.82, 2.24) is 5.32 Å². The van der Waals surface area contributed by atoms with Crippen LogP contribution >= 0.6 is 15.9 Å². The SMILES string of the molecule is C=C(Br)CNC(C)c1ccc(C)cc1O. The van der Waals surface area contributed by atoms with Crippen LogP contribution in [0.2, 0.25) is 0 Å². The minimum Gasteiger partial charge on any atom is -0.508 e. The fourth-order valence-corrected chi connectivity index (χ4v) is 1.56. The van der Waals surface area contributed by atoms with Crippen LogP contribution < -0.4 is 5.32 Å². The summed E-state index contributed by atoms with van der Waals surface area (Å²) in [5.74, 6) is 0.343. The molecule has 0 spiro atoms. The van der Waals surface area contributed by atoms with Crippen LogP contribution in [0.4, 0.5) is 0 Å². The highest BCUT2D eigenvalue weighted by Crippen LogP contribution is 2.24. The van der Waals surface area contributed by atoms with Crippen molar-refractivity contribution in [1.29, 1.82) is 0 Å². The predicted molar refractivity (Wildman–Crippen MR) is 67.3 cm³/mol. The number of phenolic OH excluding ortho intramolecular Hbond substituents is 1. The fraction of sp³-hybridized carbons (Fsp3) is 0.333. The molecule has 15 heavy (non-hydrogen) atoms. The standard InChI is InChI=1S/C12H16BrNO/c1-8-4-5-11(12(15)6-8)10(3)14-7-9(2)13/h4-6,10,14-15H,2,7H2,1,3H3. The van der Waals surface area contributed by atoms with Crippen molar-refractivity contribution in [3.8, 4) is 5.75 Å². The maximum absolute atomic E-state index is 9.75. The summed E-state index contributed by atoms with van der Waals surface area (Å²) in [6, 6.07) is 5.83. The van der Waals surface area contributed by atoms with E-state index in [4.69, 9.17) is 0 Å². The molecular weight excluding hydrogens is 254 g/mol. The monoisotopic (exact) mass is 269 g/mol. The van der Waals surface area contributed by atoms with E-state index in [9.17, 15) is 5.11 Å². The minimum absolute atomic E-state index is 0.111. The van der Waals surface area contributed by atoms with Crippen LogP contribution in [-0.2, 0) is 0 Å². The number of benzene rings is 1. The third kappa shape index (κ3) is 3.68. The smallest absolute Gasteiger partial charge is 0.120 e. The van der Waals surface area contributed by atoms with Crippen LogP contribution in [0.5, 0.6) is 5.75 Å². The average molecular weight is 270 g/mol. The molecule has 0 aliphatic rings. The van der Waals surface area contributed by atoms with E-state index in [1.54, 1.807) is 6.07 Å². The molecule has 2 nitrogen and oxygen atoms in total. The Kier molecular flexibility index (Phi) is 4.36. The van der Waals surface area contributed by atoms with Gasteiger partial charge in [-0.1, -0.05) is 34.6 Å². The lowest BCUT2D eigenvalue weighted by atomic mass is 10.1. The Balaban J connectivity index is 2.73. The summed E-state index contributed by atoms with van der Waals surface area (Å²) in [5, 5.41) is 13.0. The molecule has 0 amide bonds. The van der Waals surface area contributed by atoms with Gasteiger partial charge in [0.1, 0.15) is 5.75 Å². The summed E-state index contributed by atoms with van der Waals surface area (Å²) >= 11 is 3.29. The molecule has 0 aromatic heterocycles. The second kappa shape index (κ2) is 5.33. The zero-order valence-electron chi connectivity index (χ0n) is 9.05. The first-order valence-electron chi connectivity index (χ1n) is 4.87. The van der Waals surface area contributed by atoms with Crippen LogP contribution in [0.3, 0.4) is 0 Å². The molecule has 0 saturated heterocycles. The van der Waals surface area contributed by atoms with Gasteiger partial charge in [-0.05, 0) is 25.5 Å². The summed E-state index contributed by atoms with van der Waals surface area (Å²) in [6.07, 6.45) is 0. The molecule has 1 aromatic rings. The Morgan fingerprint density at radius 2 is 2.27 bits per heavy atom. The average Bonchev–Trinajstić information content (AvgIpc) is 2.14. The summed E-state index contributed by atoms with van der Waals surface area (Å²) in [7, 11) is 0. The Bertz CT molecular complexity index is 363. The third-order valence-corrected chi connectivity index (χ3v) is 2.53. The molecule has 0 radical (unpaired) electrons. The maximum Gasteiger partial charge on any atom is 0.120 e. The summed E-state index contributed by atoms with van der Waals surface area (Å²) in [4.78, 5) is 0. The second-order valence-corrected chi connectivity index (χ2v) is 4.80. The molecule has 1 aromatic carbocycles. The maximum atomic E-state index is 9.75. The van der Waals surface area contributed by atoms with Crippen molar-refractivity contribution < 1.29 is 5.11 Å². The quantitative estimate of drug-likeness (QED) is 0.880. The molecule has 0 aliphatic carbocycles. The van der Waals surface area contributed by atoms with Gasteiger partial charge in [0.15, 0.2) is 0 Å². The van der Waals surface area contributed by atoms with E-state index in [1.165, 1.54) is 0 Å². The highest BCUT2D eigenvalue weighted by atomic mass is 79.9. The summed E-state index contributed by atoms with van der Waals surface area (Å²) < 4.78 is 0.904. The van der Waals surface area contributed by atoms with E-state index in [0.717, 1.165) is 15.6 Å². The Morgan fingerprint density at radius 3 is 2.80 bits per heavy atom.